The highest BCUT2D eigenvalue weighted by Gasteiger charge is 2.59. The molecule has 1 fully saturated rings. The second-order valence-electron chi connectivity index (χ2n) is 8.02. The maximum Gasteiger partial charge on any atom is 0.211 e. The van der Waals surface area contributed by atoms with Gasteiger partial charge in [0.15, 0.2) is 11.6 Å². The highest BCUT2D eigenvalue weighted by atomic mass is 32.2. The number of hydrogen-bond donors (Lipinski definition) is 0. The van der Waals surface area contributed by atoms with Crippen LogP contribution in [0.25, 0.3) is 0 Å². The van der Waals surface area contributed by atoms with E-state index in [2.05, 4.69) is 0 Å². The molecule has 0 unspecified atom stereocenters. The number of benzene rings is 2. The highest BCUT2D eigenvalue weighted by molar-refractivity contribution is 8.00. The molecule has 8 heteroatoms. The Morgan fingerprint density at radius 1 is 0.581 bits per heavy atom. The predicted octanol–water partition coefficient (Wildman–Crippen LogP) is 2.74. The largest absolute Gasteiger partial charge is 0.293 e. The van der Waals surface area contributed by atoms with Crippen molar-refractivity contribution < 1.29 is 26.4 Å². The fourth-order valence-electron chi connectivity index (χ4n) is 5.01. The molecule has 0 saturated heterocycles. The Hall–Kier alpha value is -2.84. The number of ketones is 2. The molecule has 0 radical (unpaired) electrons. The van der Waals surface area contributed by atoms with Crippen LogP contribution in [0.5, 0.6) is 0 Å². The molecular weight excluding hydrogens is 436 g/mol. The number of hydrogen-bond acceptors (Lipinski definition) is 6. The molecule has 2 aromatic carbocycles. The molecule has 0 aliphatic heterocycles. The zero-order valence-corrected chi connectivity index (χ0v) is 17.8. The molecule has 6 nitrogen and oxygen atoms in total. The fourth-order valence-corrected chi connectivity index (χ4v) is 8.66. The minimum atomic E-state index is -4.53. The lowest BCUT2D eigenvalue weighted by molar-refractivity contribution is -0.130. The third-order valence-corrected chi connectivity index (χ3v) is 10.2. The Morgan fingerprint density at radius 2 is 0.935 bits per heavy atom. The molecule has 0 spiro atoms. The Bertz CT molecular complexity index is 1260. The number of carbonyl (C=O) groups is 2. The quantitative estimate of drug-likeness (QED) is 0.658. The molecule has 0 N–H and O–H groups in total. The average Bonchev–Trinajstić information content (AvgIpc) is 3.39. The van der Waals surface area contributed by atoms with Crippen LogP contribution in [-0.2, 0) is 29.3 Å². The van der Waals surface area contributed by atoms with E-state index in [1.165, 1.54) is 48.5 Å². The zero-order chi connectivity index (χ0) is 22.0. The van der Waals surface area contributed by atoms with Gasteiger partial charge < -0.3 is 0 Å². The first kappa shape index (κ1) is 20.1. The number of allylic oxidation sites excluding steroid dienone is 4. The minimum Gasteiger partial charge on any atom is -0.293 e. The molecule has 158 valence electrons. The van der Waals surface area contributed by atoms with Gasteiger partial charge in [-0.15, -0.1) is 0 Å². The average molecular weight is 455 g/mol. The van der Waals surface area contributed by atoms with E-state index in [4.69, 9.17) is 0 Å². The summed E-state index contributed by atoms with van der Waals surface area (Å²) in [5, 5.41) is 0. The summed E-state index contributed by atoms with van der Waals surface area (Å²) < 4.78 is 54.1. The van der Waals surface area contributed by atoms with Gasteiger partial charge in [0.2, 0.25) is 19.7 Å². The number of fused-ring (bicyclic) bond motifs is 5. The molecule has 4 atom stereocenters. The van der Waals surface area contributed by atoms with E-state index in [1.54, 1.807) is 12.1 Å². The molecule has 2 bridgehead atoms. The lowest BCUT2D eigenvalue weighted by Crippen LogP contribution is -2.43. The number of carbonyl (C=O) groups excluding carboxylic acids is 2. The van der Waals surface area contributed by atoms with Crippen LogP contribution in [0, 0.1) is 23.7 Å². The molecular formula is C23H18O6S2. The summed E-state index contributed by atoms with van der Waals surface area (Å²) in [7, 11) is -9.07. The van der Waals surface area contributed by atoms with Crippen molar-refractivity contribution in [1.82, 2.24) is 0 Å². The van der Waals surface area contributed by atoms with Gasteiger partial charge in [-0.05, 0) is 42.5 Å². The fraction of sp³-hybridized carbons (Fsp3) is 0.217. The SMILES string of the molecule is O=C1C(S(=O)(=O)c2ccccc2)=C(S(=O)(=O)c2ccccc2)C(=O)[C@H]2[C@@H]1[C@H]1C=C[C@@H]2C1. The number of Topliss-reactive ketones (excluding diaryl/α,β-unsaturated/α-hetero) is 2. The van der Waals surface area contributed by atoms with Gasteiger partial charge in [0, 0.05) is 11.8 Å². The Balaban J connectivity index is 1.82. The standard InChI is InChI=1S/C23H18O6S2/c24-20-18-14-11-12-15(13-14)19(18)21(25)23(31(28,29)17-9-5-2-6-10-17)22(20)30(26,27)16-7-3-1-4-8-16/h1-12,14-15,18-19H,13H2/t14-,15+,18-,19+. The first-order valence-corrected chi connectivity index (χ1v) is 12.8. The predicted molar refractivity (Wildman–Crippen MR) is 112 cm³/mol. The van der Waals surface area contributed by atoms with E-state index in [0.29, 0.717) is 6.42 Å². The lowest BCUT2D eigenvalue weighted by atomic mass is 9.74. The van der Waals surface area contributed by atoms with Crippen LogP contribution in [-0.4, -0.2) is 28.4 Å². The van der Waals surface area contributed by atoms with Crippen LogP contribution >= 0.6 is 0 Å². The monoisotopic (exact) mass is 454 g/mol. The van der Waals surface area contributed by atoms with Crippen molar-refractivity contribution in [3.63, 3.8) is 0 Å². The van der Waals surface area contributed by atoms with Crippen LogP contribution in [0.3, 0.4) is 0 Å². The van der Waals surface area contributed by atoms with Crippen LogP contribution < -0.4 is 0 Å². The summed E-state index contributed by atoms with van der Waals surface area (Å²) >= 11 is 0. The molecule has 3 aliphatic rings. The van der Waals surface area contributed by atoms with Crippen molar-refractivity contribution in [2.24, 2.45) is 23.7 Å². The summed E-state index contributed by atoms with van der Waals surface area (Å²) in [6.07, 6.45) is 4.21. The molecule has 1 saturated carbocycles. The minimum absolute atomic E-state index is 0.218. The van der Waals surface area contributed by atoms with Crippen molar-refractivity contribution in [3.05, 3.63) is 82.6 Å². The third kappa shape index (κ3) is 2.81. The Morgan fingerprint density at radius 3 is 1.29 bits per heavy atom. The molecule has 0 amide bonds. The van der Waals surface area contributed by atoms with Crippen LogP contribution in [0.4, 0.5) is 0 Å². The maximum atomic E-state index is 13.6. The molecule has 0 heterocycles. The second-order valence-corrected chi connectivity index (χ2v) is 11.8. The summed E-state index contributed by atoms with van der Waals surface area (Å²) in [6, 6.07) is 14.3. The summed E-state index contributed by atoms with van der Waals surface area (Å²) in [4.78, 5) is 24.9. The van der Waals surface area contributed by atoms with Gasteiger partial charge in [-0.1, -0.05) is 48.6 Å². The summed E-state index contributed by atoms with van der Waals surface area (Å²) in [6.45, 7) is 0. The summed E-state index contributed by atoms with van der Waals surface area (Å²) in [5.41, 5.74) is 0. The van der Waals surface area contributed by atoms with E-state index in [-0.39, 0.29) is 21.6 Å². The van der Waals surface area contributed by atoms with Gasteiger partial charge in [0.1, 0.15) is 9.81 Å². The Kier molecular flexibility index (Phi) is 4.43. The summed E-state index contributed by atoms with van der Waals surface area (Å²) in [5.74, 6) is -3.75. The highest BCUT2D eigenvalue weighted by Crippen LogP contribution is 2.54. The Labute approximate surface area is 180 Å². The van der Waals surface area contributed by atoms with Crippen LogP contribution in [0.1, 0.15) is 6.42 Å². The van der Waals surface area contributed by atoms with E-state index in [1.807, 2.05) is 12.2 Å². The molecule has 2 aromatic rings. The zero-order valence-electron chi connectivity index (χ0n) is 16.2. The van der Waals surface area contributed by atoms with Gasteiger partial charge in [-0.2, -0.15) is 0 Å². The van der Waals surface area contributed by atoms with Crippen molar-refractivity contribution in [3.8, 4) is 0 Å². The normalized spacial score (nSPS) is 27.6. The van der Waals surface area contributed by atoms with E-state index >= 15 is 0 Å². The number of sulfone groups is 2. The van der Waals surface area contributed by atoms with Gasteiger partial charge in [-0.3, -0.25) is 9.59 Å². The maximum absolute atomic E-state index is 13.6. The van der Waals surface area contributed by atoms with Crippen molar-refractivity contribution in [2.75, 3.05) is 0 Å². The van der Waals surface area contributed by atoms with Gasteiger partial charge in [-0.25, -0.2) is 16.8 Å². The van der Waals surface area contributed by atoms with Crippen molar-refractivity contribution in [1.29, 1.82) is 0 Å². The lowest BCUT2D eigenvalue weighted by Gasteiger charge is -2.32. The van der Waals surface area contributed by atoms with E-state index in [9.17, 15) is 26.4 Å². The van der Waals surface area contributed by atoms with Crippen LogP contribution in [0.2, 0.25) is 0 Å². The molecule has 5 rings (SSSR count). The number of rotatable bonds is 4. The van der Waals surface area contributed by atoms with E-state index < -0.39 is 52.9 Å². The van der Waals surface area contributed by atoms with Gasteiger partial charge >= 0.3 is 0 Å². The topological polar surface area (TPSA) is 102 Å². The van der Waals surface area contributed by atoms with Gasteiger partial charge in [0.05, 0.1) is 9.79 Å². The van der Waals surface area contributed by atoms with Crippen molar-refractivity contribution >= 4 is 31.2 Å². The first-order valence-electron chi connectivity index (χ1n) is 9.86. The van der Waals surface area contributed by atoms with Gasteiger partial charge in [0.25, 0.3) is 0 Å². The van der Waals surface area contributed by atoms with Crippen molar-refractivity contribution in [2.45, 2.75) is 16.2 Å². The molecule has 31 heavy (non-hydrogen) atoms. The first-order chi connectivity index (χ1) is 14.7. The molecule has 3 aliphatic carbocycles. The second kappa shape index (κ2) is 6.83. The van der Waals surface area contributed by atoms with Crippen LogP contribution in [0.15, 0.2) is 92.4 Å². The third-order valence-electron chi connectivity index (χ3n) is 6.36. The van der Waals surface area contributed by atoms with E-state index in [0.717, 1.165) is 0 Å². The smallest absolute Gasteiger partial charge is 0.211 e. The molecule has 0 aromatic heterocycles.